The van der Waals surface area contributed by atoms with Crippen LogP contribution < -0.4 is 5.32 Å². The molecule has 0 amide bonds. The minimum Gasteiger partial charge on any atom is -0.443 e. The van der Waals surface area contributed by atoms with Crippen molar-refractivity contribution in [1.29, 1.82) is 0 Å². The fraction of sp³-hybridized carbons (Fsp3) is 0.667. The summed E-state index contributed by atoms with van der Waals surface area (Å²) in [5.74, 6) is 2.46. The second-order valence-corrected chi connectivity index (χ2v) is 6.83. The molecule has 0 aliphatic rings. The summed E-state index contributed by atoms with van der Waals surface area (Å²) in [5, 5.41) is 3.31. The van der Waals surface area contributed by atoms with E-state index >= 15 is 0 Å². The van der Waals surface area contributed by atoms with Crippen LogP contribution >= 0.6 is 24.0 Å². The van der Waals surface area contributed by atoms with E-state index in [0.717, 1.165) is 31.1 Å². The van der Waals surface area contributed by atoms with Gasteiger partial charge in [0.1, 0.15) is 5.76 Å². The third-order valence-electron chi connectivity index (χ3n) is 3.67. The van der Waals surface area contributed by atoms with Gasteiger partial charge in [0, 0.05) is 26.1 Å². The molecule has 0 saturated heterocycles. The Bertz CT molecular complexity index is 505. The summed E-state index contributed by atoms with van der Waals surface area (Å²) < 4.78 is 5.79. The Hall–Kier alpha value is -1.05. The number of nitrogens with zero attached hydrogens (tertiary/aromatic N) is 3. The molecule has 1 rings (SSSR count). The SMILES string of the molecule is C=CCCCCCN(C)C(=NC)NCc1ncc(C(C)(C)C)o1.I. The number of aliphatic imine (C=N–C) groups is 1. The minimum atomic E-state index is -0.0187. The van der Waals surface area contributed by atoms with E-state index in [2.05, 4.69) is 54.6 Å². The molecule has 5 nitrogen and oxygen atoms in total. The predicted molar refractivity (Wildman–Crippen MR) is 112 cm³/mol. The molecule has 24 heavy (non-hydrogen) atoms. The number of allylic oxidation sites excluding steroid dienone is 1. The van der Waals surface area contributed by atoms with Gasteiger partial charge < -0.3 is 14.6 Å². The summed E-state index contributed by atoms with van der Waals surface area (Å²) in [7, 11) is 3.85. The zero-order valence-corrected chi connectivity index (χ0v) is 18.1. The summed E-state index contributed by atoms with van der Waals surface area (Å²) >= 11 is 0. The number of halogens is 1. The number of unbranched alkanes of at least 4 members (excludes halogenated alkanes) is 3. The molecular formula is C18H33IN4O. The second-order valence-electron chi connectivity index (χ2n) is 6.83. The van der Waals surface area contributed by atoms with Crippen molar-refractivity contribution in [2.24, 2.45) is 4.99 Å². The normalized spacial score (nSPS) is 11.8. The zero-order valence-electron chi connectivity index (χ0n) is 15.8. The Morgan fingerprint density at radius 2 is 2.08 bits per heavy atom. The lowest BCUT2D eigenvalue weighted by molar-refractivity contribution is 0.376. The van der Waals surface area contributed by atoms with E-state index < -0.39 is 0 Å². The van der Waals surface area contributed by atoms with E-state index in [1.165, 1.54) is 12.8 Å². The Balaban J connectivity index is 0.00000529. The van der Waals surface area contributed by atoms with Crippen LogP contribution in [0.15, 0.2) is 28.3 Å². The second kappa shape index (κ2) is 11.5. The van der Waals surface area contributed by atoms with Crippen molar-refractivity contribution < 1.29 is 4.42 Å². The van der Waals surface area contributed by atoms with Crippen LogP contribution in [0.25, 0.3) is 0 Å². The van der Waals surface area contributed by atoms with Gasteiger partial charge in [-0.05, 0) is 19.3 Å². The fourth-order valence-corrected chi connectivity index (χ4v) is 2.20. The van der Waals surface area contributed by atoms with Crippen molar-refractivity contribution in [3.05, 3.63) is 30.5 Å². The maximum absolute atomic E-state index is 5.79. The van der Waals surface area contributed by atoms with E-state index in [-0.39, 0.29) is 29.4 Å². The molecule has 1 heterocycles. The molecule has 138 valence electrons. The molecule has 0 bridgehead atoms. The maximum atomic E-state index is 5.79. The smallest absolute Gasteiger partial charge is 0.213 e. The minimum absolute atomic E-state index is 0. The number of guanidine groups is 1. The molecule has 0 saturated carbocycles. The average molecular weight is 448 g/mol. The quantitative estimate of drug-likeness (QED) is 0.211. The van der Waals surface area contributed by atoms with Gasteiger partial charge >= 0.3 is 0 Å². The predicted octanol–water partition coefficient (Wildman–Crippen LogP) is 4.34. The first kappa shape index (κ1) is 22.9. The Labute approximate surface area is 164 Å². The summed E-state index contributed by atoms with van der Waals surface area (Å²) in [6.07, 6.45) is 8.45. The van der Waals surface area contributed by atoms with Crippen LogP contribution in [0.4, 0.5) is 0 Å². The molecule has 1 N–H and O–H groups in total. The third kappa shape index (κ3) is 8.17. The van der Waals surface area contributed by atoms with Crippen LogP contribution in [0.5, 0.6) is 0 Å². The van der Waals surface area contributed by atoms with Crippen LogP contribution in [0.1, 0.15) is 58.1 Å². The molecule has 0 fully saturated rings. The Morgan fingerprint density at radius 3 is 2.62 bits per heavy atom. The highest BCUT2D eigenvalue weighted by molar-refractivity contribution is 14.0. The van der Waals surface area contributed by atoms with Crippen LogP contribution in [0.3, 0.4) is 0 Å². The van der Waals surface area contributed by atoms with Crippen LogP contribution in [-0.4, -0.2) is 36.5 Å². The van der Waals surface area contributed by atoms with Gasteiger partial charge in [-0.25, -0.2) is 4.98 Å². The van der Waals surface area contributed by atoms with Gasteiger partial charge in [-0.15, -0.1) is 30.6 Å². The topological polar surface area (TPSA) is 53.7 Å². The first-order valence-electron chi connectivity index (χ1n) is 8.36. The molecule has 0 aromatic carbocycles. The molecule has 0 aliphatic carbocycles. The molecule has 0 radical (unpaired) electrons. The van der Waals surface area contributed by atoms with Crippen LogP contribution in [-0.2, 0) is 12.0 Å². The molecule has 1 aromatic heterocycles. The van der Waals surface area contributed by atoms with Gasteiger partial charge in [-0.1, -0.05) is 33.3 Å². The summed E-state index contributed by atoms with van der Waals surface area (Å²) in [6.45, 7) is 11.6. The van der Waals surface area contributed by atoms with Gasteiger partial charge in [0.2, 0.25) is 5.89 Å². The van der Waals surface area contributed by atoms with E-state index in [0.29, 0.717) is 12.4 Å². The number of nitrogens with one attached hydrogen (secondary N) is 1. The van der Waals surface area contributed by atoms with Gasteiger partial charge in [0.05, 0.1) is 12.7 Å². The van der Waals surface area contributed by atoms with Gasteiger partial charge in [-0.3, -0.25) is 4.99 Å². The molecular weight excluding hydrogens is 415 g/mol. The molecule has 6 heteroatoms. The van der Waals surface area contributed by atoms with Crippen molar-refractivity contribution in [3.63, 3.8) is 0 Å². The molecule has 1 aromatic rings. The Morgan fingerprint density at radius 1 is 1.38 bits per heavy atom. The van der Waals surface area contributed by atoms with Crippen molar-refractivity contribution in [1.82, 2.24) is 15.2 Å². The van der Waals surface area contributed by atoms with Crippen molar-refractivity contribution in [2.75, 3.05) is 20.6 Å². The molecule has 0 atom stereocenters. The Kier molecular flexibility index (Phi) is 11.0. The monoisotopic (exact) mass is 448 g/mol. The molecule has 0 aliphatic heterocycles. The van der Waals surface area contributed by atoms with Gasteiger partial charge in [0.15, 0.2) is 5.96 Å². The third-order valence-corrected chi connectivity index (χ3v) is 3.67. The van der Waals surface area contributed by atoms with E-state index in [9.17, 15) is 0 Å². The summed E-state index contributed by atoms with van der Waals surface area (Å²) in [5.41, 5.74) is -0.0187. The van der Waals surface area contributed by atoms with Crippen molar-refractivity contribution >= 4 is 29.9 Å². The molecule has 0 spiro atoms. The van der Waals surface area contributed by atoms with E-state index in [1.807, 2.05) is 12.3 Å². The lowest BCUT2D eigenvalue weighted by Gasteiger charge is -2.21. The van der Waals surface area contributed by atoms with Crippen molar-refractivity contribution in [3.8, 4) is 0 Å². The van der Waals surface area contributed by atoms with Gasteiger partial charge in [-0.2, -0.15) is 0 Å². The lowest BCUT2D eigenvalue weighted by Crippen LogP contribution is -2.39. The first-order chi connectivity index (χ1) is 10.9. The highest BCUT2D eigenvalue weighted by Gasteiger charge is 2.19. The fourth-order valence-electron chi connectivity index (χ4n) is 2.20. The highest BCUT2D eigenvalue weighted by atomic mass is 127. The van der Waals surface area contributed by atoms with Gasteiger partial charge in [0.25, 0.3) is 0 Å². The van der Waals surface area contributed by atoms with E-state index in [1.54, 1.807) is 7.05 Å². The number of hydrogen-bond acceptors (Lipinski definition) is 3. The average Bonchev–Trinajstić information content (AvgIpc) is 2.96. The van der Waals surface area contributed by atoms with Crippen LogP contribution in [0, 0.1) is 0 Å². The summed E-state index contributed by atoms with van der Waals surface area (Å²) in [4.78, 5) is 10.8. The number of hydrogen-bond donors (Lipinski definition) is 1. The largest absolute Gasteiger partial charge is 0.443 e. The highest BCUT2D eigenvalue weighted by Crippen LogP contribution is 2.22. The number of oxazole rings is 1. The lowest BCUT2D eigenvalue weighted by atomic mass is 9.94. The standard InChI is InChI=1S/C18H32N4O.HI/c1-7-8-9-10-11-12-22(6)17(19-5)21-14-16-20-13-15(23-16)18(2,3)4;/h7,13H,1,8-12,14H2,2-6H3,(H,19,21);1H. The molecule has 0 unspecified atom stereocenters. The number of rotatable bonds is 8. The van der Waals surface area contributed by atoms with Crippen LogP contribution in [0.2, 0.25) is 0 Å². The maximum Gasteiger partial charge on any atom is 0.213 e. The summed E-state index contributed by atoms with van der Waals surface area (Å²) in [6, 6.07) is 0. The zero-order chi connectivity index (χ0) is 17.3. The van der Waals surface area contributed by atoms with Crippen molar-refractivity contribution in [2.45, 2.75) is 58.4 Å². The number of aromatic nitrogens is 1. The van der Waals surface area contributed by atoms with E-state index in [4.69, 9.17) is 4.42 Å². The first-order valence-corrected chi connectivity index (χ1v) is 8.36.